The summed E-state index contributed by atoms with van der Waals surface area (Å²) in [5.41, 5.74) is 8.88. The zero-order chi connectivity index (χ0) is 36.9. The van der Waals surface area contributed by atoms with Crippen LogP contribution in [-0.4, -0.2) is 139 Å². The molecule has 282 valence electrons. The van der Waals surface area contributed by atoms with Crippen LogP contribution in [0.25, 0.3) is 0 Å². The largest absolute Gasteiger partial charge is 0.397 e. The summed E-state index contributed by atoms with van der Waals surface area (Å²) >= 11 is 6.84. The number of nitrogen functional groups attached to an aromatic ring is 1. The van der Waals surface area contributed by atoms with Crippen LogP contribution in [0.4, 0.5) is 16.2 Å². The Kier molecular flexibility index (Phi) is 12.9. The minimum atomic E-state index is -1.03. The molecule has 0 bridgehead atoms. The van der Waals surface area contributed by atoms with Crippen LogP contribution in [0.1, 0.15) is 60.9 Å². The summed E-state index contributed by atoms with van der Waals surface area (Å²) in [5.74, 6) is -0.831. The summed E-state index contributed by atoms with van der Waals surface area (Å²) in [6.45, 7) is 5.93. The zero-order valence-corrected chi connectivity index (χ0v) is 33.5. The molecule has 2 aromatic rings. The van der Waals surface area contributed by atoms with Crippen molar-refractivity contribution in [3.05, 3.63) is 56.5 Å². The van der Waals surface area contributed by atoms with E-state index in [2.05, 4.69) is 64.2 Å². The van der Waals surface area contributed by atoms with Gasteiger partial charge in [0.25, 0.3) is 0 Å². The van der Waals surface area contributed by atoms with Gasteiger partial charge in [-0.2, -0.15) is 0 Å². The molecule has 4 aliphatic rings. The topological polar surface area (TPSA) is 135 Å². The van der Waals surface area contributed by atoms with Gasteiger partial charge in [0.1, 0.15) is 6.04 Å². The van der Waals surface area contributed by atoms with E-state index in [1.54, 1.807) is 17.0 Å². The molecule has 14 heteroatoms. The van der Waals surface area contributed by atoms with E-state index in [9.17, 15) is 19.2 Å². The molecule has 52 heavy (non-hydrogen) atoms. The Bertz CT molecular complexity index is 1600. The number of halogens is 2. The average molecular weight is 845 g/mol. The number of nitrogens with zero attached hydrogens (tertiary/aromatic N) is 5. The fourth-order valence-electron chi connectivity index (χ4n) is 8.25. The molecule has 3 saturated heterocycles. The molecule has 0 aromatic heterocycles. The van der Waals surface area contributed by atoms with Crippen LogP contribution in [0, 0.1) is 0 Å². The average Bonchev–Trinajstić information content (AvgIpc) is 3.31. The number of nitrogens with two attached hydrogens (primary N) is 1. The standard InChI is InChI=1S/C38H52Br2N8O4/c1-44-14-8-28(9-15-44)46-16-10-27(11-17-46)45(2)24-35(50)42-33(23-34(49)26-21-30(39)36(41)31(40)22-26)37(51)47-18-12-29(13-19-47)48-20-7-25-5-3-4-6-32(25)43-38(48)52/h3-6,21-22,27-29,33H,7-20,23-24,41H2,1-2H3,(H,42,50)(H,43,52)/t33-/m1/s1. The van der Waals surface area contributed by atoms with Crippen LogP contribution in [-0.2, 0) is 16.0 Å². The predicted molar refractivity (Wildman–Crippen MR) is 210 cm³/mol. The first-order valence-corrected chi connectivity index (χ1v) is 20.2. The number of carbonyl (C=O) groups excluding carboxylic acids is 4. The number of urea groups is 1. The third-order valence-electron chi connectivity index (χ3n) is 11.5. The number of benzene rings is 2. The first-order chi connectivity index (χ1) is 25.0. The van der Waals surface area contributed by atoms with Gasteiger partial charge in [-0.15, -0.1) is 0 Å². The highest BCUT2D eigenvalue weighted by atomic mass is 79.9. The van der Waals surface area contributed by atoms with Crippen molar-refractivity contribution in [1.29, 1.82) is 0 Å². The van der Waals surface area contributed by atoms with Crippen molar-refractivity contribution in [2.24, 2.45) is 0 Å². The highest BCUT2D eigenvalue weighted by Crippen LogP contribution is 2.31. The Morgan fingerprint density at radius 1 is 0.923 bits per heavy atom. The normalized spacial score (nSPS) is 20.7. The summed E-state index contributed by atoms with van der Waals surface area (Å²) < 4.78 is 1.15. The first-order valence-electron chi connectivity index (χ1n) is 18.6. The Morgan fingerprint density at radius 2 is 1.56 bits per heavy atom. The predicted octanol–water partition coefficient (Wildman–Crippen LogP) is 4.42. The summed E-state index contributed by atoms with van der Waals surface area (Å²) in [7, 11) is 4.16. The van der Waals surface area contributed by atoms with Crippen molar-refractivity contribution in [2.45, 2.75) is 75.5 Å². The van der Waals surface area contributed by atoms with Crippen LogP contribution >= 0.6 is 31.9 Å². The molecule has 4 amide bonds. The third-order valence-corrected chi connectivity index (χ3v) is 12.8. The molecular weight excluding hydrogens is 792 g/mol. The van der Waals surface area contributed by atoms with Gasteiger partial charge in [-0.05, 0) is 141 Å². The van der Waals surface area contributed by atoms with Crippen molar-refractivity contribution in [1.82, 2.24) is 29.8 Å². The fraction of sp³-hybridized carbons (Fsp3) is 0.579. The number of piperidine rings is 3. The van der Waals surface area contributed by atoms with Gasteiger partial charge < -0.3 is 36.0 Å². The minimum absolute atomic E-state index is 0.0166. The van der Waals surface area contributed by atoms with Crippen molar-refractivity contribution in [2.75, 3.05) is 77.5 Å². The number of fused-ring (bicyclic) bond motifs is 1. The zero-order valence-electron chi connectivity index (χ0n) is 30.3. The minimum Gasteiger partial charge on any atom is -0.397 e. The van der Waals surface area contributed by atoms with Gasteiger partial charge in [-0.3, -0.25) is 19.3 Å². The number of hydrogen-bond acceptors (Lipinski definition) is 8. The molecule has 0 aliphatic carbocycles. The summed E-state index contributed by atoms with van der Waals surface area (Å²) in [6.07, 6.45) is 6.20. The highest BCUT2D eigenvalue weighted by Gasteiger charge is 2.36. The van der Waals surface area contributed by atoms with Crippen molar-refractivity contribution in [3.8, 4) is 0 Å². The molecule has 0 spiro atoms. The molecule has 2 aromatic carbocycles. The SMILES string of the molecule is CN1CCC(N2CCC(N(C)CC(=O)N[C@H](CC(=O)c3cc(Br)c(N)c(Br)c3)C(=O)N3CCC(N4CCc5ccccc5NC4=O)CC3)CC2)CC1. The van der Waals surface area contributed by atoms with E-state index < -0.39 is 6.04 Å². The van der Waals surface area contributed by atoms with E-state index in [-0.39, 0.29) is 48.7 Å². The second-order valence-corrected chi connectivity index (χ2v) is 16.6. The van der Waals surface area contributed by atoms with Gasteiger partial charge in [0.05, 0.1) is 12.2 Å². The van der Waals surface area contributed by atoms with Crippen LogP contribution in [0.2, 0.25) is 0 Å². The van der Waals surface area contributed by atoms with Gasteiger partial charge in [0.2, 0.25) is 11.8 Å². The number of hydrogen-bond donors (Lipinski definition) is 3. The maximum Gasteiger partial charge on any atom is 0.322 e. The number of likely N-dealkylation sites (N-methyl/N-ethyl adjacent to an activating group) is 1. The third kappa shape index (κ3) is 9.36. The van der Waals surface area contributed by atoms with Gasteiger partial charge in [0, 0.05) is 64.4 Å². The molecule has 0 saturated carbocycles. The molecule has 4 aliphatic heterocycles. The fourth-order valence-corrected chi connectivity index (χ4v) is 9.44. The number of carbonyl (C=O) groups is 4. The number of amides is 4. The molecule has 3 fully saturated rings. The number of para-hydroxylation sites is 1. The van der Waals surface area contributed by atoms with E-state index in [4.69, 9.17) is 5.73 Å². The Labute approximate surface area is 324 Å². The Hall–Kier alpha value is -3.04. The lowest BCUT2D eigenvalue weighted by Gasteiger charge is -2.42. The van der Waals surface area contributed by atoms with Crippen molar-refractivity contribution in [3.63, 3.8) is 0 Å². The quantitative estimate of drug-likeness (QED) is 0.237. The molecule has 12 nitrogen and oxygen atoms in total. The monoisotopic (exact) mass is 842 g/mol. The highest BCUT2D eigenvalue weighted by molar-refractivity contribution is 9.11. The van der Waals surface area contributed by atoms with Crippen LogP contribution < -0.4 is 16.4 Å². The molecule has 0 unspecified atom stereocenters. The maximum atomic E-state index is 14.1. The van der Waals surface area contributed by atoms with Gasteiger partial charge in [0.15, 0.2) is 5.78 Å². The molecule has 0 radical (unpaired) electrons. The number of likely N-dealkylation sites (tertiary alicyclic amines) is 3. The lowest BCUT2D eigenvalue weighted by molar-refractivity contribution is -0.138. The number of nitrogens with one attached hydrogen (secondary N) is 2. The molecule has 6 rings (SSSR count). The second-order valence-electron chi connectivity index (χ2n) is 14.9. The molecule has 4 heterocycles. The number of ketones is 1. The maximum absolute atomic E-state index is 14.1. The van der Waals surface area contributed by atoms with E-state index >= 15 is 0 Å². The van der Waals surface area contributed by atoms with Crippen LogP contribution in [0.15, 0.2) is 45.3 Å². The number of rotatable bonds is 10. The summed E-state index contributed by atoms with van der Waals surface area (Å²) in [4.78, 5) is 65.3. The molecular formula is C38H52Br2N8O4. The van der Waals surface area contributed by atoms with Crippen molar-refractivity contribution >= 4 is 66.9 Å². The first kappa shape index (κ1) is 38.7. The summed E-state index contributed by atoms with van der Waals surface area (Å²) in [6, 6.07) is 10.9. The van der Waals surface area contributed by atoms with E-state index in [1.807, 2.05) is 36.2 Å². The second kappa shape index (κ2) is 17.4. The Morgan fingerprint density at radius 3 is 2.23 bits per heavy atom. The Balaban J connectivity index is 1.07. The number of Topliss-reactive ketones (excluding diaryl/α,β-unsaturated/α-hetero) is 1. The van der Waals surface area contributed by atoms with Crippen LogP contribution in [0.5, 0.6) is 0 Å². The smallest absolute Gasteiger partial charge is 0.322 e. The summed E-state index contributed by atoms with van der Waals surface area (Å²) in [5, 5.41) is 6.01. The van der Waals surface area contributed by atoms with E-state index in [1.165, 1.54) is 12.8 Å². The van der Waals surface area contributed by atoms with E-state index in [0.29, 0.717) is 58.7 Å². The molecule has 1 atom stereocenters. The van der Waals surface area contributed by atoms with E-state index in [0.717, 1.165) is 56.7 Å². The van der Waals surface area contributed by atoms with Crippen molar-refractivity contribution < 1.29 is 19.2 Å². The van der Waals surface area contributed by atoms with Gasteiger partial charge in [-0.1, -0.05) is 18.2 Å². The van der Waals surface area contributed by atoms with Crippen LogP contribution in [0.3, 0.4) is 0 Å². The lowest BCUT2D eigenvalue weighted by Crippen LogP contribution is -2.56. The number of anilines is 2. The lowest BCUT2D eigenvalue weighted by atomic mass is 9.97. The molecule has 4 N–H and O–H groups in total. The van der Waals surface area contributed by atoms with Gasteiger partial charge >= 0.3 is 6.03 Å². The van der Waals surface area contributed by atoms with Gasteiger partial charge in [-0.25, -0.2) is 4.79 Å².